The zero-order valence-electron chi connectivity index (χ0n) is 8.91. The molecule has 1 fully saturated rings. The Morgan fingerprint density at radius 2 is 2.25 bits per heavy atom. The van der Waals surface area contributed by atoms with E-state index in [1.165, 1.54) is 6.42 Å². The van der Waals surface area contributed by atoms with Crippen LogP contribution in [0.5, 0.6) is 5.75 Å². The van der Waals surface area contributed by atoms with E-state index in [1.54, 1.807) is 6.07 Å². The maximum Gasteiger partial charge on any atom is 0.180 e. The molecule has 0 saturated heterocycles. The van der Waals surface area contributed by atoms with Crippen LogP contribution in [0.3, 0.4) is 0 Å². The minimum Gasteiger partial charge on any atom is -0.490 e. The Kier molecular flexibility index (Phi) is 3.61. The number of carbonyl (C=O) groups is 1. The molecule has 0 bridgehead atoms. The van der Waals surface area contributed by atoms with Crippen molar-refractivity contribution in [2.24, 2.45) is 5.73 Å². The lowest BCUT2D eigenvalue weighted by Crippen LogP contribution is -2.26. The number of ketones is 1. The Morgan fingerprint density at radius 3 is 2.81 bits per heavy atom. The molecule has 2 rings (SSSR count). The van der Waals surface area contributed by atoms with Crippen molar-refractivity contribution in [2.75, 3.05) is 6.54 Å². The first-order valence-electron chi connectivity index (χ1n) is 5.40. The lowest BCUT2D eigenvalue weighted by Gasteiger charge is -2.27. The van der Waals surface area contributed by atoms with Crippen LogP contribution < -0.4 is 10.5 Å². The van der Waals surface area contributed by atoms with E-state index in [2.05, 4.69) is 15.9 Å². The van der Waals surface area contributed by atoms with Gasteiger partial charge in [0.2, 0.25) is 0 Å². The molecule has 16 heavy (non-hydrogen) atoms. The summed E-state index contributed by atoms with van der Waals surface area (Å²) < 4.78 is 6.63. The SMILES string of the molecule is NCC(=O)c1cc(Br)ccc1OC1CCC1. The second kappa shape index (κ2) is 4.97. The average Bonchev–Trinajstić information content (AvgIpc) is 2.23. The molecule has 0 aromatic heterocycles. The van der Waals surface area contributed by atoms with E-state index in [9.17, 15) is 4.79 Å². The quantitative estimate of drug-likeness (QED) is 0.864. The molecule has 0 atom stereocenters. The number of benzene rings is 1. The molecule has 0 spiro atoms. The fourth-order valence-corrected chi connectivity index (χ4v) is 1.96. The van der Waals surface area contributed by atoms with Crippen molar-refractivity contribution in [1.29, 1.82) is 0 Å². The van der Waals surface area contributed by atoms with Crippen molar-refractivity contribution in [3.8, 4) is 5.75 Å². The van der Waals surface area contributed by atoms with Crippen LogP contribution in [0, 0.1) is 0 Å². The standard InChI is InChI=1S/C12H14BrNO2/c13-8-4-5-12(16-9-2-1-3-9)10(6-8)11(15)7-14/h4-6,9H,1-3,7,14H2. The van der Waals surface area contributed by atoms with Gasteiger partial charge < -0.3 is 10.5 Å². The van der Waals surface area contributed by atoms with Crippen LogP contribution in [0.2, 0.25) is 0 Å². The Balaban J connectivity index is 2.23. The van der Waals surface area contributed by atoms with Crippen LogP contribution in [-0.4, -0.2) is 18.4 Å². The van der Waals surface area contributed by atoms with E-state index in [1.807, 2.05) is 12.1 Å². The van der Waals surface area contributed by atoms with Crippen molar-refractivity contribution >= 4 is 21.7 Å². The fraction of sp³-hybridized carbons (Fsp3) is 0.417. The third-order valence-electron chi connectivity index (χ3n) is 2.77. The number of hydrogen-bond acceptors (Lipinski definition) is 3. The molecule has 1 aromatic rings. The molecule has 1 aliphatic rings. The van der Waals surface area contributed by atoms with Crippen LogP contribution in [0.25, 0.3) is 0 Å². The van der Waals surface area contributed by atoms with Gasteiger partial charge in [-0.2, -0.15) is 0 Å². The van der Waals surface area contributed by atoms with E-state index < -0.39 is 0 Å². The smallest absolute Gasteiger partial charge is 0.180 e. The number of Topliss-reactive ketones (excluding diaryl/α,β-unsaturated/α-hetero) is 1. The van der Waals surface area contributed by atoms with Crippen LogP contribution in [0.4, 0.5) is 0 Å². The van der Waals surface area contributed by atoms with Gasteiger partial charge in [-0.25, -0.2) is 0 Å². The summed E-state index contributed by atoms with van der Waals surface area (Å²) in [5, 5.41) is 0. The van der Waals surface area contributed by atoms with E-state index in [0.717, 1.165) is 17.3 Å². The maximum atomic E-state index is 11.6. The minimum absolute atomic E-state index is 0.0114. The van der Waals surface area contributed by atoms with Crippen molar-refractivity contribution in [3.05, 3.63) is 28.2 Å². The van der Waals surface area contributed by atoms with Gasteiger partial charge in [-0.15, -0.1) is 0 Å². The van der Waals surface area contributed by atoms with Crippen LogP contribution in [-0.2, 0) is 0 Å². The van der Waals surface area contributed by atoms with Gasteiger partial charge in [-0.3, -0.25) is 4.79 Å². The van der Waals surface area contributed by atoms with E-state index in [0.29, 0.717) is 11.3 Å². The largest absolute Gasteiger partial charge is 0.490 e. The first kappa shape index (κ1) is 11.6. The second-order valence-corrected chi connectivity index (χ2v) is 4.85. The summed E-state index contributed by atoms with van der Waals surface area (Å²) in [6.45, 7) is 0.0114. The molecule has 86 valence electrons. The van der Waals surface area contributed by atoms with Gasteiger partial charge in [-0.05, 0) is 37.5 Å². The van der Waals surface area contributed by atoms with Crippen molar-refractivity contribution in [3.63, 3.8) is 0 Å². The van der Waals surface area contributed by atoms with Gasteiger partial charge in [0.25, 0.3) is 0 Å². The molecular formula is C12H14BrNO2. The Bertz CT molecular complexity index is 402. The molecule has 2 N–H and O–H groups in total. The highest BCUT2D eigenvalue weighted by Gasteiger charge is 2.21. The third kappa shape index (κ3) is 2.44. The zero-order valence-corrected chi connectivity index (χ0v) is 10.5. The van der Waals surface area contributed by atoms with E-state index in [-0.39, 0.29) is 18.4 Å². The van der Waals surface area contributed by atoms with E-state index in [4.69, 9.17) is 10.5 Å². The van der Waals surface area contributed by atoms with Crippen LogP contribution >= 0.6 is 15.9 Å². The predicted molar refractivity (Wildman–Crippen MR) is 65.8 cm³/mol. The summed E-state index contributed by atoms with van der Waals surface area (Å²) >= 11 is 3.34. The molecular weight excluding hydrogens is 270 g/mol. The number of carbonyl (C=O) groups excluding carboxylic acids is 1. The summed E-state index contributed by atoms with van der Waals surface area (Å²) in [6.07, 6.45) is 3.63. The number of nitrogens with two attached hydrogens (primary N) is 1. The summed E-state index contributed by atoms with van der Waals surface area (Å²) in [5.41, 5.74) is 5.95. The van der Waals surface area contributed by atoms with Gasteiger partial charge in [0.1, 0.15) is 5.75 Å². The highest BCUT2D eigenvalue weighted by Crippen LogP contribution is 2.29. The zero-order chi connectivity index (χ0) is 11.5. The highest BCUT2D eigenvalue weighted by atomic mass is 79.9. The molecule has 0 heterocycles. The molecule has 1 aromatic carbocycles. The molecule has 4 heteroatoms. The number of hydrogen-bond donors (Lipinski definition) is 1. The fourth-order valence-electron chi connectivity index (χ4n) is 1.60. The maximum absolute atomic E-state index is 11.6. The topological polar surface area (TPSA) is 52.3 Å². The van der Waals surface area contributed by atoms with Gasteiger partial charge in [0.05, 0.1) is 18.2 Å². The predicted octanol–water partition coefficient (Wildman–Crippen LogP) is 2.52. The van der Waals surface area contributed by atoms with Crippen LogP contribution in [0.15, 0.2) is 22.7 Å². The lowest BCUT2D eigenvalue weighted by molar-refractivity contribution is 0.0972. The number of halogens is 1. The molecule has 0 amide bonds. The summed E-state index contributed by atoms with van der Waals surface area (Å²) in [4.78, 5) is 11.6. The van der Waals surface area contributed by atoms with Gasteiger partial charge >= 0.3 is 0 Å². The average molecular weight is 284 g/mol. The Hall–Kier alpha value is -0.870. The van der Waals surface area contributed by atoms with Crippen molar-refractivity contribution in [1.82, 2.24) is 0 Å². The third-order valence-corrected chi connectivity index (χ3v) is 3.27. The monoisotopic (exact) mass is 283 g/mol. The number of ether oxygens (including phenoxy) is 1. The summed E-state index contributed by atoms with van der Waals surface area (Å²) in [5.74, 6) is 0.568. The van der Waals surface area contributed by atoms with Gasteiger partial charge in [0, 0.05) is 4.47 Å². The molecule has 1 saturated carbocycles. The van der Waals surface area contributed by atoms with Crippen molar-refractivity contribution < 1.29 is 9.53 Å². The summed E-state index contributed by atoms with van der Waals surface area (Å²) in [6, 6.07) is 5.47. The molecule has 0 radical (unpaired) electrons. The molecule has 0 aliphatic heterocycles. The molecule has 0 unspecified atom stereocenters. The van der Waals surface area contributed by atoms with Crippen LogP contribution in [0.1, 0.15) is 29.6 Å². The second-order valence-electron chi connectivity index (χ2n) is 3.94. The van der Waals surface area contributed by atoms with E-state index >= 15 is 0 Å². The van der Waals surface area contributed by atoms with Crippen molar-refractivity contribution in [2.45, 2.75) is 25.4 Å². The Morgan fingerprint density at radius 1 is 1.50 bits per heavy atom. The number of rotatable bonds is 4. The van der Waals surface area contributed by atoms with Gasteiger partial charge in [0.15, 0.2) is 5.78 Å². The first-order valence-corrected chi connectivity index (χ1v) is 6.19. The minimum atomic E-state index is -0.0874. The first-order chi connectivity index (χ1) is 7.70. The van der Waals surface area contributed by atoms with Gasteiger partial charge in [-0.1, -0.05) is 15.9 Å². The Labute approximate surface area is 103 Å². The lowest BCUT2D eigenvalue weighted by atomic mass is 9.96. The molecule has 1 aliphatic carbocycles. The summed E-state index contributed by atoms with van der Waals surface area (Å²) in [7, 11) is 0. The highest BCUT2D eigenvalue weighted by molar-refractivity contribution is 9.10. The molecule has 3 nitrogen and oxygen atoms in total. The normalized spacial score (nSPS) is 15.6.